The zero-order valence-electron chi connectivity index (χ0n) is 14.7. The Hall–Kier alpha value is 1.51. The molecule has 0 saturated heterocycles. The third-order valence-corrected chi connectivity index (χ3v) is 5.26. The van der Waals surface area contributed by atoms with Crippen molar-refractivity contribution < 1.29 is 69.5 Å². The van der Waals surface area contributed by atoms with Gasteiger partial charge in [0.1, 0.15) is 0 Å². The van der Waals surface area contributed by atoms with E-state index < -0.39 is 15.4 Å². The molecule has 2 atom stereocenters. The minimum Gasteiger partial charge on any atom is -0.748 e. The van der Waals surface area contributed by atoms with Gasteiger partial charge < -0.3 is 9.66 Å². The second kappa shape index (κ2) is 16.0. The van der Waals surface area contributed by atoms with Crippen molar-refractivity contribution in [1.29, 1.82) is 0 Å². The van der Waals surface area contributed by atoms with Crippen LogP contribution >= 0.6 is 0 Å². The molecule has 0 aromatic carbocycles. The summed E-state index contributed by atoms with van der Waals surface area (Å²) in [5.74, 6) is 0. The van der Waals surface area contributed by atoms with E-state index >= 15 is 0 Å². The molecule has 1 N–H and O–H groups in total. The van der Waals surface area contributed by atoms with E-state index in [-0.39, 0.29) is 57.5 Å². The SMILES string of the molecule is CCCCCCC(CCCCCC(O)CCC)S(=O)(=O)[O-].[K+]. The van der Waals surface area contributed by atoms with Gasteiger partial charge in [0.2, 0.25) is 0 Å². The summed E-state index contributed by atoms with van der Waals surface area (Å²) in [6, 6.07) is 0. The number of aliphatic hydroxyl groups is 1. The van der Waals surface area contributed by atoms with Crippen molar-refractivity contribution in [3.05, 3.63) is 0 Å². The maximum atomic E-state index is 11.3. The minimum atomic E-state index is -4.16. The van der Waals surface area contributed by atoms with Gasteiger partial charge in [-0.05, 0) is 25.7 Å². The Morgan fingerprint density at radius 2 is 1.32 bits per heavy atom. The number of hydrogen-bond donors (Lipinski definition) is 1. The van der Waals surface area contributed by atoms with Crippen molar-refractivity contribution in [3.63, 3.8) is 0 Å². The largest absolute Gasteiger partial charge is 1.00 e. The molecule has 0 radical (unpaired) electrons. The maximum Gasteiger partial charge on any atom is 1.00 e. The van der Waals surface area contributed by atoms with Crippen LogP contribution in [-0.4, -0.2) is 29.4 Å². The molecule has 22 heavy (non-hydrogen) atoms. The normalized spacial score (nSPS) is 14.4. The number of unbranched alkanes of at least 4 members (excludes halogenated alkanes) is 5. The standard InChI is InChI=1S/C16H34O4S.K/c1-3-5-6-9-13-16(21(18,19)20)14-10-7-8-12-15(17)11-4-2;/h15-17H,3-14H2,1-2H3,(H,18,19,20);/q;+1/p-1. The number of rotatable bonds is 14. The first kappa shape index (κ1) is 25.7. The zero-order chi connectivity index (χ0) is 16.1. The second-order valence-corrected chi connectivity index (χ2v) is 7.70. The monoisotopic (exact) mass is 360 g/mol. The van der Waals surface area contributed by atoms with Crippen LogP contribution in [0.25, 0.3) is 0 Å². The predicted molar refractivity (Wildman–Crippen MR) is 86.2 cm³/mol. The van der Waals surface area contributed by atoms with Gasteiger partial charge in [0, 0.05) is 5.25 Å². The summed E-state index contributed by atoms with van der Waals surface area (Å²) in [5.41, 5.74) is 0. The van der Waals surface area contributed by atoms with Crippen molar-refractivity contribution in [2.75, 3.05) is 0 Å². The van der Waals surface area contributed by atoms with Crippen molar-refractivity contribution in [2.45, 2.75) is 102 Å². The van der Waals surface area contributed by atoms with E-state index in [1.807, 2.05) is 6.92 Å². The molecular formula is C16H33KO4S. The van der Waals surface area contributed by atoms with Gasteiger partial charge in [-0.15, -0.1) is 0 Å². The van der Waals surface area contributed by atoms with Crippen LogP contribution in [0.1, 0.15) is 90.9 Å². The molecule has 0 aliphatic heterocycles. The molecular weight excluding hydrogens is 327 g/mol. The Bertz CT molecular complexity index is 333. The first-order chi connectivity index (χ1) is 9.91. The molecule has 0 aliphatic carbocycles. The van der Waals surface area contributed by atoms with Gasteiger partial charge in [0.15, 0.2) is 0 Å². The predicted octanol–water partition coefficient (Wildman–Crippen LogP) is 0.986. The van der Waals surface area contributed by atoms with Crippen LogP contribution in [0.4, 0.5) is 0 Å². The molecule has 0 bridgehead atoms. The second-order valence-electron chi connectivity index (χ2n) is 6.04. The Morgan fingerprint density at radius 1 is 0.818 bits per heavy atom. The zero-order valence-corrected chi connectivity index (χ0v) is 18.7. The van der Waals surface area contributed by atoms with E-state index in [4.69, 9.17) is 0 Å². The van der Waals surface area contributed by atoms with Gasteiger partial charge in [-0.3, -0.25) is 0 Å². The molecule has 0 heterocycles. The first-order valence-electron chi connectivity index (χ1n) is 8.54. The van der Waals surface area contributed by atoms with Crippen LogP contribution in [0.2, 0.25) is 0 Å². The Balaban J connectivity index is 0. The maximum absolute atomic E-state index is 11.3. The molecule has 4 nitrogen and oxygen atoms in total. The molecule has 0 aromatic rings. The van der Waals surface area contributed by atoms with Gasteiger partial charge in [-0.2, -0.15) is 0 Å². The fourth-order valence-electron chi connectivity index (χ4n) is 2.64. The van der Waals surface area contributed by atoms with Crippen molar-refractivity contribution in [2.24, 2.45) is 0 Å². The molecule has 0 fully saturated rings. The quantitative estimate of drug-likeness (QED) is 0.285. The van der Waals surface area contributed by atoms with Crippen molar-refractivity contribution in [1.82, 2.24) is 0 Å². The average Bonchev–Trinajstić information content (AvgIpc) is 2.39. The van der Waals surface area contributed by atoms with E-state index in [0.29, 0.717) is 12.8 Å². The molecule has 2 unspecified atom stereocenters. The van der Waals surface area contributed by atoms with Crippen molar-refractivity contribution in [3.8, 4) is 0 Å². The van der Waals surface area contributed by atoms with Crippen LogP contribution in [0.3, 0.4) is 0 Å². The van der Waals surface area contributed by atoms with Crippen LogP contribution in [0, 0.1) is 0 Å². The van der Waals surface area contributed by atoms with E-state index in [1.165, 1.54) is 0 Å². The molecule has 0 amide bonds. The van der Waals surface area contributed by atoms with E-state index in [1.54, 1.807) is 0 Å². The Morgan fingerprint density at radius 3 is 1.77 bits per heavy atom. The van der Waals surface area contributed by atoms with E-state index in [2.05, 4.69) is 6.92 Å². The van der Waals surface area contributed by atoms with Gasteiger partial charge in [0.05, 0.1) is 16.2 Å². The smallest absolute Gasteiger partial charge is 0.748 e. The summed E-state index contributed by atoms with van der Waals surface area (Å²) < 4.78 is 33.8. The summed E-state index contributed by atoms with van der Waals surface area (Å²) in [6.45, 7) is 4.15. The van der Waals surface area contributed by atoms with Gasteiger partial charge >= 0.3 is 51.4 Å². The van der Waals surface area contributed by atoms with E-state index in [0.717, 1.165) is 64.2 Å². The topological polar surface area (TPSA) is 77.4 Å². The minimum absolute atomic E-state index is 0. The molecule has 0 aromatic heterocycles. The number of aliphatic hydroxyl groups excluding tert-OH is 1. The fraction of sp³-hybridized carbons (Fsp3) is 1.00. The molecule has 0 aliphatic rings. The van der Waals surface area contributed by atoms with Crippen LogP contribution in [0.15, 0.2) is 0 Å². The van der Waals surface area contributed by atoms with Gasteiger partial charge in [0.25, 0.3) is 0 Å². The molecule has 0 spiro atoms. The molecule has 0 rings (SSSR count). The van der Waals surface area contributed by atoms with Crippen LogP contribution < -0.4 is 51.4 Å². The van der Waals surface area contributed by atoms with Gasteiger partial charge in [-0.25, -0.2) is 8.42 Å². The number of hydrogen-bond acceptors (Lipinski definition) is 4. The summed E-state index contributed by atoms with van der Waals surface area (Å²) in [5, 5.41) is 8.89. The Kier molecular flexibility index (Phi) is 18.7. The molecule has 0 saturated carbocycles. The van der Waals surface area contributed by atoms with E-state index in [9.17, 15) is 18.1 Å². The summed E-state index contributed by atoms with van der Waals surface area (Å²) in [4.78, 5) is 0. The summed E-state index contributed by atoms with van der Waals surface area (Å²) >= 11 is 0. The Labute approximate surface area is 180 Å². The summed E-state index contributed by atoms with van der Waals surface area (Å²) in [7, 11) is -4.16. The third-order valence-electron chi connectivity index (χ3n) is 3.97. The van der Waals surface area contributed by atoms with Crippen LogP contribution in [0.5, 0.6) is 0 Å². The fourth-order valence-corrected chi connectivity index (χ4v) is 3.55. The van der Waals surface area contributed by atoms with Crippen LogP contribution in [-0.2, 0) is 10.1 Å². The molecule has 128 valence electrons. The summed E-state index contributed by atoms with van der Waals surface area (Å²) in [6.07, 6.45) is 9.93. The van der Waals surface area contributed by atoms with Gasteiger partial charge in [-0.1, -0.05) is 65.2 Å². The molecule has 6 heteroatoms. The third kappa shape index (κ3) is 15.1. The first-order valence-corrected chi connectivity index (χ1v) is 10.0. The van der Waals surface area contributed by atoms with Crippen molar-refractivity contribution >= 4 is 10.1 Å². The average molecular weight is 361 g/mol.